The van der Waals surface area contributed by atoms with Crippen molar-refractivity contribution in [2.24, 2.45) is 0 Å². The molecule has 4 nitrogen and oxygen atoms in total. The molecular weight excluding hydrogens is 206 g/mol. The minimum atomic E-state index is -0.320. The van der Waals surface area contributed by atoms with Crippen molar-refractivity contribution in [2.45, 2.75) is 13.3 Å². The van der Waals surface area contributed by atoms with Gasteiger partial charge in [-0.05, 0) is 30.7 Å². The highest BCUT2D eigenvalue weighted by molar-refractivity contribution is 5.90. The minimum Gasteiger partial charge on any atom is -0.462 e. The number of nitrogen functional groups attached to an aromatic ring is 1. The highest BCUT2D eigenvalue weighted by Gasteiger charge is 2.07. The van der Waals surface area contributed by atoms with Crippen LogP contribution in [-0.2, 0) is 9.47 Å². The van der Waals surface area contributed by atoms with Crippen LogP contribution in [0.2, 0.25) is 0 Å². The average Bonchev–Trinajstić information content (AvgIpc) is 2.28. The number of rotatable bonds is 5. The molecule has 0 atom stereocenters. The fourth-order valence-corrected chi connectivity index (χ4v) is 1.25. The van der Waals surface area contributed by atoms with E-state index in [0.717, 1.165) is 5.56 Å². The normalized spacial score (nSPS) is 10.1. The van der Waals surface area contributed by atoms with Gasteiger partial charge in [0.05, 0.1) is 12.2 Å². The second-order valence-corrected chi connectivity index (χ2v) is 3.55. The standard InChI is InChI=1S/C12H17NO3/c1-9-8-10(4-5-11(9)13)12(14)16-7-3-6-15-2/h4-5,8H,3,6-7,13H2,1-2H3. The number of hydrogen-bond acceptors (Lipinski definition) is 4. The number of nitrogens with two attached hydrogens (primary N) is 1. The van der Waals surface area contributed by atoms with Gasteiger partial charge in [-0.1, -0.05) is 0 Å². The lowest BCUT2D eigenvalue weighted by molar-refractivity contribution is 0.0468. The van der Waals surface area contributed by atoms with Crippen molar-refractivity contribution >= 4 is 11.7 Å². The predicted molar refractivity (Wildman–Crippen MR) is 62.4 cm³/mol. The number of aryl methyl sites for hydroxylation is 1. The van der Waals surface area contributed by atoms with E-state index in [-0.39, 0.29) is 5.97 Å². The van der Waals surface area contributed by atoms with Crippen LogP contribution in [0.15, 0.2) is 18.2 Å². The van der Waals surface area contributed by atoms with Crippen LogP contribution in [0.5, 0.6) is 0 Å². The molecule has 0 saturated heterocycles. The highest BCUT2D eigenvalue weighted by Crippen LogP contribution is 2.13. The third kappa shape index (κ3) is 3.55. The Kier molecular flexibility index (Phi) is 4.79. The van der Waals surface area contributed by atoms with E-state index in [1.807, 2.05) is 6.92 Å². The van der Waals surface area contributed by atoms with E-state index in [9.17, 15) is 4.79 Å². The van der Waals surface area contributed by atoms with Gasteiger partial charge in [0.15, 0.2) is 0 Å². The Morgan fingerprint density at radius 1 is 1.38 bits per heavy atom. The number of carbonyl (C=O) groups excluding carboxylic acids is 1. The third-order valence-electron chi connectivity index (χ3n) is 2.23. The summed E-state index contributed by atoms with van der Waals surface area (Å²) in [6.45, 7) is 2.82. The Morgan fingerprint density at radius 3 is 2.75 bits per heavy atom. The molecule has 0 aliphatic rings. The summed E-state index contributed by atoms with van der Waals surface area (Å²) >= 11 is 0. The summed E-state index contributed by atoms with van der Waals surface area (Å²) in [5.74, 6) is -0.320. The lowest BCUT2D eigenvalue weighted by Crippen LogP contribution is -2.08. The van der Waals surface area contributed by atoms with Crippen LogP contribution < -0.4 is 5.73 Å². The molecule has 0 amide bonds. The zero-order valence-corrected chi connectivity index (χ0v) is 9.66. The molecule has 1 rings (SSSR count). The van der Waals surface area contributed by atoms with E-state index in [2.05, 4.69) is 0 Å². The summed E-state index contributed by atoms with van der Waals surface area (Å²) < 4.78 is 9.92. The van der Waals surface area contributed by atoms with Gasteiger partial charge in [-0.15, -0.1) is 0 Å². The Bertz CT molecular complexity index is 363. The number of esters is 1. The first-order valence-corrected chi connectivity index (χ1v) is 5.17. The van der Waals surface area contributed by atoms with Crippen molar-refractivity contribution in [3.05, 3.63) is 29.3 Å². The number of carbonyl (C=O) groups is 1. The second-order valence-electron chi connectivity index (χ2n) is 3.55. The molecule has 0 aliphatic heterocycles. The van der Waals surface area contributed by atoms with Crippen LogP contribution in [-0.4, -0.2) is 26.3 Å². The number of methoxy groups -OCH3 is 1. The van der Waals surface area contributed by atoms with E-state index < -0.39 is 0 Å². The molecule has 1 aromatic carbocycles. The van der Waals surface area contributed by atoms with Gasteiger partial charge in [-0.3, -0.25) is 0 Å². The van der Waals surface area contributed by atoms with Gasteiger partial charge in [0.1, 0.15) is 0 Å². The molecule has 0 fully saturated rings. The highest BCUT2D eigenvalue weighted by atomic mass is 16.5. The zero-order chi connectivity index (χ0) is 12.0. The van der Waals surface area contributed by atoms with Crippen molar-refractivity contribution in [2.75, 3.05) is 26.1 Å². The monoisotopic (exact) mass is 223 g/mol. The minimum absolute atomic E-state index is 0.320. The maximum absolute atomic E-state index is 11.6. The molecule has 88 valence electrons. The van der Waals surface area contributed by atoms with Crippen molar-refractivity contribution in [3.63, 3.8) is 0 Å². The van der Waals surface area contributed by atoms with Crippen LogP contribution in [0.4, 0.5) is 5.69 Å². The fraction of sp³-hybridized carbons (Fsp3) is 0.417. The van der Waals surface area contributed by atoms with E-state index in [1.54, 1.807) is 25.3 Å². The lowest BCUT2D eigenvalue weighted by Gasteiger charge is -2.06. The summed E-state index contributed by atoms with van der Waals surface area (Å²) in [5, 5.41) is 0. The molecule has 0 heterocycles. The van der Waals surface area contributed by atoms with Crippen molar-refractivity contribution in [3.8, 4) is 0 Å². The lowest BCUT2D eigenvalue weighted by atomic mass is 10.1. The molecule has 0 saturated carbocycles. The van der Waals surface area contributed by atoms with Crippen molar-refractivity contribution < 1.29 is 14.3 Å². The summed E-state index contributed by atoms with van der Waals surface area (Å²) in [4.78, 5) is 11.6. The quantitative estimate of drug-likeness (QED) is 0.469. The number of ether oxygens (including phenoxy) is 2. The van der Waals surface area contributed by atoms with Gasteiger partial charge in [0, 0.05) is 25.8 Å². The summed E-state index contributed by atoms with van der Waals surface area (Å²) in [6, 6.07) is 5.11. The van der Waals surface area contributed by atoms with Gasteiger partial charge in [-0.25, -0.2) is 4.79 Å². The largest absolute Gasteiger partial charge is 0.462 e. The predicted octanol–water partition coefficient (Wildman–Crippen LogP) is 1.77. The van der Waals surface area contributed by atoms with Gasteiger partial charge in [-0.2, -0.15) is 0 Å². The van der Waals surface area contributed by atoms with Gasteiger partial charge < -0.3 is 15.2 Å². The Balaban J connectivity index is 2.50. The van der Waals surface area contributed by atoms with E-state index >= 15 is 0 Å². The van der Waals surface area contributed by atoms with E-state index in [0.29, 0.717) is 30.9 Å². The first-order valence-electron chi connectivity index (χ1n) is 5.17. The van der Waals surface area contributed by atoms with Crippen LogP contribution >= 0.6 is 0 Å². The molecule has 0 aromatic heterocycles. The summed E-state index contributed by atoms with van der Waals surface area (Å²) in [5.41, 5.74) is 7.75. The molecule has 1 aromatic rings. The Hall–Kier alpha value is -1.55. The van der Waals surface area contributed by atoms with Gasteiger partial charge in [0.2, 0.25) is 0 Å². The van der Waals surface area contributed by atoms with Gasteiger partial charge in [0.25, 0.3) is 0 Å². The molecule has 16 heavy (non-hydrogen) atoms. The van der Waals surface area contributed by atoms with E-state index in [4.69, 9.17) is 15.2 Å². The summed E-state index contributed by atoms with van der Waals surface area (Å²) in [6.07, 6.45) is 0.705. The molecule has 2 N–H and O–H groups in total. The van der Waals surface area contributed by atoms with Crippen LogP contribution in [0.25, 0.3) is 0 Å². The van der Waals surface area contributed by atoms with Crippen LogP contribution in [0.3, 0.4) is 0 Å². The van der Waals surface area contributed by atoms with E-state index in [1.165, 1.54) is 0 Å². The molecular formula is C12H17NO3. The smallest absolute Gasteiger partial charge is 0.338 e. The number of anilines is 1. The fourth-order valence-electron chi connectivity index (χ4n) is 1.25. The Labute approximate surface area is 95.3 Å². The van der Waals surface area contributed by atoms with Gasteiger partial charge >= 0.3 is 5.97 Å². The van der Waals surface area contributed by atoms with Crippen molar-refractivity contribution in [1.82, 2.24) is 0 Å². The molecule has 0 aliphatic carbocycles. The topological polar surface area (TPSA) is 61.5 Å². The number of hydrogen-bond donors (Lipinski definition) is 1. The second kappa shape index (κ2) is 6.12. The average molecular weight is 223 g/mol. The number of benzene rings is 1. The molecule has 0 unspecified atom stereocenters. The van der Waals surface area contributed by atoms with Crippen LogP contribution in [0, 0.1) is 6.92 Å². The summed E-state index contributed by atoms with van der Waals surface area (Å²) in [7, 11) is 1.62. The zero-order valence-electron chi connectivity index (χ0n) is 9.66. The third-order valence-corrected chi connectivity index (χ3v) is 2.23. The molecule has 0 bridgehead atoms. The maximum atomic E-state index is 11.6. The maximum Gasteiger partial charge on any atom is 0.338 e. The SMILES string of the molecule is COCCCOC(=O)c1ccc(N)c(C)c1. The first kappa shape index (κ1) is 12.5. The Morgan fingerprint density at radius 2 is 2.12 bits per heavy atom. The first-order chi connectivity index (χ1) is 7.65. The van der Waals surface area contributed by atoms with Crippen LogP contribution in [0.1, 0.15) is 22.3 Å². The molecule has 0 radical (unpaired) electrons. The molecule has 0 spiro atoms. The molecule has 4 heteroatoms. The van der Waals surface area contributed by atoms with Crippen molar-refractivity contribution in [1.29, 1.82) is 0 Å².